The third-order valence-corrected chi connectivity index (χ3v) is 0.480. The molecular weight excluding hydrogens is 88.1 g/mol. The van der Waals surface area contributed by atoms with Gasteiger partial charge in [-0.2, -0.15) is 0 Å². The fourth-order valence-corrected chi connectivity index (χ4v) is 0.216. The Morgan fingerprint density at radius 1 is 2.00 bits per heavy atom. The molecule has 0 atom stereocenters. The number of hydrogen-bond donors (Lipinski definition) is 0. The number of allylic oxidation sites excluding steroid dienone is 1. The van der Waals surface area contributed by atoms with Crippen molar-refractivity contribution in [3.05, 3.63) is 12.3 Å². The Kier molecular flexibility index (Phi) is 2.87. The Hall–Kier alpha value is -0.900. The predicted molar refractivity (Wildman–Crippen MR) is 29.6 cm³/mol. The van der Waals surface area contributed by atoms with Crippen LogP contribution in [0.2, 0.25) is 0 Å². The van der Waals surface area contributed by atoms with E-state index in [1.807, 2.05) is 6.92 Å². The van der Waals surface area contributed by atoms with Crippen molar-refractivity contribution in [1.29, 1.82) is 0 Å². The average molecular weight is 96.1 g/mol. The van der Waals surface area contributed by atoms with Crippen LogP contribution in [0.25, 0.3) is 0 Å². The van der Waals surface area contributed by atoms with Crippen LogP contribution in [0, 0.1) is 12.3 Å². The number of ether oxygens (including phenoxy) is 1. The van der Waals surface area contributed by atoms with E-state index < -0.39 is 0 Å². The molecule has 0 saturated heterocycles. The molecular formula is C6H8O. The highest BCUT2D eigenvalue weighted by Crippen LogP contribution is 1.86. The molecule has 0 aliphatic rings. The van der Waals surface area contributed by atoms with E-state index in [1.165, 1.54) is 0 Å². The van der Waals surface area contributed by atoms with E-state index in [4.69, 9.17) is 11.2 Å². The van der Waals surface area contributed by atoms with Crippen molar-refractivity contribution < 1.29 is 4.74 Å². The molecule has 0 unspecified atom stereocenters. The molecule has 0 aliphatic heterocycles. The van der Waals surface area contributed by atoms with Gasteiger partial charge >= 0.3 is 0 Å². The second-order valence-corrected chi connectivity index (χ2v) is 1.00. The maximum Gasteiger partial charge on any atom is 0.162 e. The molecule has 0 aromatic rings. The molecule has 0 spiro atoms. The van der Waals surface area contributed by atoms with Gasteiger partial charge in [0, 0.05) is 0 Å². The molecule has 0 heterocycles. The zero-order valence-corrected chi connectivity index (χ0v) is 4.40. The first kappa shape index (κ1) is 6.10. The minimum Gasteiger partial charge on any atom is -0.486 e. The lowest BCUT2D eigenvalue weighted by molar-refractivity contribution is 0.248. The fraction of sp³-hybridized carbons (Fsp3) is 0.333. The Labute approximate surface area is 44.0 Å². The van der Waals surface area contributed by atoms with Crippen LogP contribution in [0.15, 0.2) is 12.3 Å². The molecule has 1 heteroatoms. The zero-order chi connectivity index (χ0) is 5.70. The summed E-state index contributed by atoms with van der Waals surface area (Å²) in [5, 5.41) is 0. The molecule has 0 fully saturated rings. The normalized spacial score (nSPS) is 6.86. The van der Waals surface area contributed by atoms with Gasteiger partial charge in [-0.05, 0) is 19.4 Å². The summed E-state index contributed by atoms with van der Waals surface area (Å²) in [6, 6.07) is 0. The van der Waals surface area contributed by atoms with E-state index in [0.29, 0.717) is 12.4 Å². The van der Waals surface area contributed by atoms with Crippen molar-refractivity contribution in [1.82, 2.24) is 0 Å². The molecule has 0 aliphatic carbocycles. The largest absolute Gasteiger partial charge is 0.486 e. The number of rotatable bonds is 2. The smallest absolute Gasteiger partial charge is 0.162 e. The van der Waals surface area contributed by atoms with Crippen LogP contribution in [0.1, 0.15) is 6.92 Å². The zero-order valence-electron chi connectivity index (χ0n) is 4.40. The highest BCUT2D eigenvalue weighted by Gasteiger charge is 1.78. The topological polar surface area (TPSA) is 9.23 Å². The third-order valence-electron chi connectivity index (χ3n) is 0.480. The molecule has 1 nitrogen and oxygen atoms in total. The number of hydrogen-bond acceptors (Lipinski definition) is 1. The van der Waals surface area contributed by atoms with Crippen molar-refractivity contribution in [2.75, 3.05) is 6.61 Å². The summed E-state index contributed by atoms with van der Waals surface area (Å²) in [5.74, 6) is 2.65. The monoisotopic (exact) mass is 96.1 g/mol. The lowest BCUT2D eigenvalue weighted by Gasteiger charge is -1.94. The number of terminal acetylenes is 1. The molecule has 0 N–H and O–H groups in total. The first-order valence-corrected chi connectivity index (χ1v) is 2.09. The van der Waals surface area contributed by atoms with Crippen molar-refractivity contribution in [3.63, 3.8) is 0 Å². The van der Waals surface area contributed by atoms with Crippen LogP contribution in [-0.2, 0) is 4.74 Å². The summed E-state index contributed by atoms with van der Waals surface area (Å²) in [7, 11) is 0. The van der Waals surface area contributed by atoms with Crippen molar-refractivity contribution in [2.24, 2.45) is 0 Å². The quantitative estimate of drug-likeness (QED) is 0.370. The SMILES string of the molecule is C#CC(=C)OCC. The van der Waals surface area contributed by atoms with Gasteiger partial charge in [0.05, 0.1) is 6.61 Å². The maximum absolute atomic E-state index is 4.88. The Bertz CT molecular complexity index is 97.2. The minimum absolute atomic E-state index is 0.405. The standard InChI is InChI=1S/C6H8O/c1-4-6(3)7-5-2/h1H,3,5H2,2H3. The Balaban J connectivity index is 3.24. The van der Waals surface area contributed by atoms with Gasteiger partial charge in [0.25, 0.3) is 0 Å². The van der Waals surface area contributed by atoms with E-state index in [0.717, 1.165) is 0 Å². The molecule has 0 aromatic carbocycles. The second kappa shape index (κ2) is 3.30. The van der Waals surface area contributed by atoms with Gasteiger partial charge in [-0.15, -0.1) is 6.42 Å². The van der Waals surface area contributed by atoms with E-state index in [-0.39, 0.29) is 0 Å². The first-order chi connectivity index (χ1) is 3.31. The van der Waals surface area contributed by atoms with Crippen molar-refractivity contribution >= 4 is 0 Å². The maximum atomic E-state index is 4.88. The van der Waals surface area contributed by atoms with Crippen LogP contribution < -0.4 is 0 Å². The minimum atomic E-state index is 0.405. The summed E-state index contributed by atoms with van der Waals surface area (Å²) in [4.78, 5) is 0. The Morgan fingerprint density at radius 2 is 2.57 bits per heavy atom. The van der Waals surface area contributed by atoms with E-state index in [2.05, 4.69) is 12.5 Å². The summed E-state index contributed by atoms with van der Waals surface area (Å²) in [6.07, 6.45) is 4.88. The van der Waals surface area contributed by atoms with E-state index in [1.54, 1.807) is 0 Å². The van der Waals surface area contributed by atoms with Crippen LogP contribution >= 0.6 is 0 Å². The molecule has 0 bridgehead atoms. The van der Waals surface area contributed by atoms with Gasteiger partial charge in [-0.25, -0.2) is 0 Å². The van der Waals surface area contributed by atoms with Crippen LogP contribution in [0.3, 0.4) is 0 Å². The van der Waals surface area contributed by atoms with Crippen LogP contribution in [0.5, 0.6) is 0 Å². The van der Waals surface area contributed by atoms with Gasteiger partial charge in [0.1, 0.15) is 0 Å². The molecule has 0 rings (SSSR count). The van der Waals surface area contributed by atoms with Crippen molar-refractivity contribution in [3.8, 4) is 12.3 Å². The fourth-order valence-electron chi connectivity index (χ4n) is 0.216. The van der Waals surface area contributed by atoms with Gasteiger partial charge in [0.15, 0.2) is 5.76 Å². The van der Waals surface area contributed by atoms with E-state index in [9.17, 15) is 0 Å². The van der Waals surface area contributed by atoms with E-state index >= 15 is 0 Å². The van der Waals surface area contributed by atoms with Gasteiger partial charge in [-0.1, -0.05) is 0 Å². The Morgan fingerprint density at radius 3 is 2.71 bits per heavy atom. The summed E-state index contributed by atoms with van der Waals surface area (Å²) < 4.78 is 4.76. The first-order valence-electron chi connectivity index (χ1n) is 2.09. The van der Waals surface area contributed by atoms with Gasteiger partial charge < -0.3 is 4.74 Å². The highest BCUT2D eigenvalue weighted by molar-refractivity contribution is 5.13. The van der Waals surface area contributed by atoms with Gasteiger partial charge in [-0.3, -0.25) is 0 Å². The molecule has 7 heavy (non-hydrogen) atoms. The molecule has 38 valence electrons. The van der Waals surface area contributed by atoms with Crippen LogP contribution in [-0.4, -0.2) is 6.61 Å². The van der Waals surface area contributed by atoms with Crippen molar-refractivity contribution in [2.45, 2.75) is 6.92 Å². The third kappa shape index (κ3) is 2.92. The summed E-state index contributed by atoms with van der Waals surface area (Å²) in [6.45, 7) is 5.87. The molecule has 0 radical (unpaired) electrons. The lowest BCUT2D eigenvalue weighted by Crippen LogP contribution is -1.83. The summed E-state index contributed by atoms with van der Waals surface area (Å²) >= 11 is 0. The van der Waals surface area contributed by atoms with Crippen LogP contribution in [0.4, 0.5) is 0 Å². The second-order valence-electron chi connectivity index (χ2n) is 1.00. The molecule has 0 saturated carbocycles. The van der Waals surface area contributed by atoms with Gasteiger partial charge in [0.2, 0.25) is 0 Å². The average Bonchev–Trinajstić information content (AvgIpc) is 1.68. The molecule has 0 amide bonds. The summed E-state index contributed by atoms with van der Waals surface area (Å²) in [5.41, 5.74) is 0. The lowest BCUT2D eigenvalue weighted by atomic mass is 10.6. The highest BCUT2D eigenvalue weighted by atomic mass is 16.5. The molecule has 0 aromatic heterocycles. The predicted octanol–water partition coefficient (Wildman–Crippen LogP) is 1.17.